The van der Waals surface area contributed by atoms with Crippen molar-refractivity contribution < 1.29 is 19.1 Å². The summed E-state index contributed by atoms with van der Waals surface area (Å²) in [5.74, 6) is 0.605. The largest absolute Gasteiger partial charge is 0.497 e. The van der Waals surface area contributed by atoms with Crippen molar-refractivity contribution in [3.8, 4) is 5.75 Å². The molecule has 22 heavy (non-hydrogen) atoms. The minimum atomic E-state index is -1.06. The molecule has 0 aliphatic carbocycles. The van der Waals surface area contributed by atoms with E-state index in [-0.39, 0.29) is 18.2 Å². The normalized spacial score (nSPS) is 13.5. The Bertz CT molecular complexity index is 634. The minimum absolute atomic E-state index is 0.121. The summed E-state index contributed by atoms with van der Waals surface area (Å²) in [4.78, 5) is 11.9. The van der Waals surface area contributed by atoms with Gasteiger partial charge in [0.15, 0.2) is 10.4 Å². The van der Waals surface area contributed by atoms with Gasteiger partial charge in [0.1, 0.15) is 5.75 Å². The molecule has 1 aromatic heterocycles. The number of carbonyl (C=O) groups is 1. The van der Waals surface area contributed by atoms with Gasteiger partial charge in [0.25, 0.3) is 5.91 Å². The molecule has 1 amide bonds. The van der Waals surface area contributed by atoms with E-state index < -0.39 is 5.60 Å². The van der Waals surface area contributed by atoms with Crippen molar-refractivity contribution in [3.05, 3.63) is 52.4 Å². The van der Waals surface area contributed by atoms with Gasteiger partial charge in [-0.15, -0.1) is 0 Å². The van der Waals surface area contributed by atoms with E-state index in [1.807, 2.05) is 24.3 Å². The lowest BCUT2D eigenvalue weighted by Crippen LogP contribution is -2.42. The Balaban J connectivity index is 1.91. The van der Waals surface area contributed by atoms with Gasteiger partial charge in [0, 0.05) is 13.0 Å². The van der Waals surface area contributed by atoms with E-state index in [9.17, 15) is 9.90 Å². The standard InChI is InChI=1S/C16H18BrNO4/c1-16(20,9-11-3-5-12(21-2)6-4-11)10-18-15(19)13-7-8-14(17)22-13/h3-8,20H,9-10H2,1-2H3,(H,18,19)/t16-/m1/s1. The molecular weight excluding hydrogens is 350 g/mol. The van der Waals surface area contributed by atoms with Gasteiger partial charge >= 0.3 is 0 Å². The SMILES string of the molecule is COc1ccc(C[C@@](C)(O)CNC(=O)c2ccc(Br)o2)cc1. The summed E-state index contributed by atoms with van der Waals surface area (Å²) in [6.45, 7) is 1.80. The molecule has 0 aliphatic heterocycles. The molecule has 0 saturated heterocycles. The van der Waals surface area contributed by atoms with Crippen LogP contribution in [-0.2, 0) is 6.42 Å². The number of methoxy groups -OCH3 is 1. The molecule has 1 aromatic carbocycles. The molecule has 1 atom stereocenters. The average molecular weight is 368 g/mol. The minimum Gasteiger partial charge on any atom is -0.497 e. The third-order valence-corrected chi connectivity index (χ3v) is 3.60. The number of nitrogens with one attached hydrogen (secondary N) is 1. The van der Waals surface area contributed by atoms with Crippen LogP contribution in [0.3, 0.4) is 0 Å². The first-order valence-corrected chi connectivity index (χ1v) is 7.58. The highest BCUT2D eigenvalue weighted by Gasteiger charge is 2.23. The lowest BCUT2D eigenvalue weighted by atomic mass is 9.96. The Morgan fingerprint density at radius 1 is 1.32 bits per heavy atom. The van der Waals surface area contributed by atoms with E-state index in [1.54, 1.807) is 26.2 Å². The molecule has 118 valence electrons. The Hall–Kier alpha value is -1.79. The number of ether oxygens (including phenoxy) is 1. The zero-order valence-corrected chi connectivity index (χ0v) is 14.0. The van der Waals surface area contributed by atoms with E-state index in [2.05, 4.69) is 21.2 Å². The molecule has 0 bridgehead atoms. The van der Waals surface area contributed by atoms with Crippen LogP contribution < -0.4 is 10.1 Å². The second kappa shape index (κ2) is 6.98. The molecule has 2 rings (SSSR count). The van der Waals surface area contributed by atoms with Crippen molar-refractivity contribution in [1.29, 1.82) is 0 Å². The summed E-state index contributed by atoms with van der Waals surface area (Å²) in [5.41, 5.74) is -0.102. The number of furan rings is 1. The summed E-state index contributed by atoms with van der Waals surface area (Å²) in [6, 6.07) is 10.7. The van der Waals surface area contributed by atoms with Crippen LogP contribution in [-0.4, -0.2) is 30.3 Å². The molecule has 2 N–H and O–H groups in total. The Morgan fingerprint density at radius 3 is 2.55 bits per heavy atom. The van der Waals surface area contributed by atoms with Crippen LogP contribution >= 0.6 is 15.9 Å². The molecule has 0 radical (unpaired) electrons. The van der Waals surface area contributed by atoms with Gasteiger partial charge < -0.3 is 19.6 Å². The van der Waals surface area contributed by atoms with Crippen LogP contribution in [0.4, 0.5) is 0 Å². The second-order valence-corrected chi connectivity index (χ2v) is 6.09. The predicted octanol–water partition coefficient (Wildman–Crippen LogP) is 2.77. The molecule has 0 unspecified atom stereocenters. The van der Waals surface area contributed by atoms with Gasteiger partial charge in [-0.1, -0.05) is 12.1 Å². The van der Waals surface area contributed by atoms with Crippen LogP contribution in [0, 0.1) is 0 Å². The second-order valence-electron chi connectivity index (χ2n) is 5.31. The first-order valence-electron chi connectivity index (χ1n) is 6.78. The summed E-state index contributed by atoms with van der Waals surface area (Å²) in [7, 11) is 1.60. The van der Waals surface area contributed by atoms with Crippen molar-refractivity contribution in [1.82, 2.24) is 5.32 Å². The van der Waals surface area contributed by atoms with Crippen molar-refractivity contribution in [2.45, 2.75) is 18.9 Å². The van der Waals surface area contributed by atoms with E-state index in [1.165, 1.54) is 0 Å². The maximum absolute atomic E-state index is 11.9. The molecule has 5 nitrogen and oxygen atoms in total. The van der Waals surface area contributed by atoms with Gasteiger partial charge in [0.2, 0.25) is 0 Å². The zero-order valence-electron chi connectivity index (χ0n) is 12.4. The number of rotatable bonds is 6. The van der Waals surface area contributed by atoms with Crippen LogP contribution in [0.2, 0.25) is 0 Å². The molecule has 6 heteroatoms. The third-order valence-electron chi connectivity index (χ3n) is 3.17. The number of carbonyl (C=O) groups excluding carboxylic acids is 1. The Labute approximate surface area is 137 Å². The highest BCUT2D eigenvalue weighted by Crippen LogP contribution is 2.17. The van der Waals surface area contributed by atoms with Crippen LogP contribution in [0.5, 0.6) is 5.75 Å². The lowest BCUT2D eigenvalue weighted by molar-refractivity contribution is 0.0544. The Kier molecular flexibility index (Phi) is 5.26. The van der Waals surface area contributed by atoms with Crippen molar-refractivity contribution in [2.24, 2.45) is 0 Å². The smallest absolute Gasteiger partial charge is 0.287 e. The van der Waals surface area contributed by atoms with E-state index in [0.717, 1.165) is 11.3 Å². The van der Waals surface area contributed by atoms with Gasteiger partial charge in [-0.05, 0) is 52.7 Å². The summed E-state index contributed by atoms with van der Waals surface area (Å²) in [6.07, 6.45) is 0.416. The molecule has 1 heterocycles. The number of amides is 1. The molecule has 0 saturated carbocycles. The third kappa shape index (κ3) is 4.61. The molecule has 0 fully saturated rings. The summed E-state index contributed by atoms with van der Waals surface area (Å²) in [5, 5.41) is 13.1. The molecule has 0 spiro atoms. The fourth-order valence-electron chi connectivity index (χ4n) is 2.04. The average Bonchev–Trinajstić information content (AvgIpc) is 2.92. The van der Waals surface area contributed by atoms with Crippen molar-refractivity contribution in [3.63, 3.8) is 0 Å². The lowest BCUT2D eigenvalue weighted by Gasteiger charge is -2.23. The van der Waals surface area contributed by atoms with Gasteiger partial charge in [0.05, 0.1) is 12.7 Å². The van der Waals surface area contributed by atoms with Crippen molar-refractivity contribution in [2.75, 3.05) is 13.7 Å². The summed E-state index contributed by atoms with van der Waals surface area (Å²) < 4.78 is 10.7. The molecule has 0 aliphatic rings. The first-order chi connectivity index (χ1) is 10.4. The monoisotopic (exact) mass is 367 g/mol. The van der Waals surface area contributed by atoms with E-state index >= 15 is 0 Å². The number of aliphatic hydroxyl groups is 1. The van der Waals surface area contributed by atoms with Crippen LogP contribution in [0.1, 0.15) is 23.0 Å². The maximum atomic E-state index is 11.9. The van der Waals surface area contributed by atoms with Crippen LogP contribution in [0.15, 0.2) is 45.5 Å². The van der Waals surface area contributed by atoms with E-state index in [4.69, 9.17) is 9.15 Å². The predicted molar refractivity (Wildman–Crippen MR) is 86.1 cm³/mol. The quantitative estimate of drug-likeness (QED) is 0.823. The molecule has 2 aromatic rings. The summed E-state index contributed by atoms with van der Waals surface area (Å²) >= 11 is 3.14. The van der Waals surface area contributed by atoms with Gasteiger partial charge in [-0.2, -0.15) is 0 Å². The fraction of sp³-hybridized carbons (Fsp3) is 0.312. The highest BCUT2D eigenvalue weighted by molar-refractivity contribution is 9.10. The fourth-order valence-corrected chi connectivity index (χ4v) is 2.35. The number of halogens is 1. The number of benzene rings is 1. The van der Waals surface area contributed by atoms with Gasteiger partial charge in [-0.25, -0.2) is 0 Å². The number of hydrogen-bond donors (Lipinski definition) is 2. The van der Waals surface area contributed by atoms with Gasteiger partial charge in [-0.3, -0.25) is 4.79 Å². The highest BCUT2D eigenvalue weighted by atomic mass is 79.9. The Morgan fingerprint density at radius 2 is 2.00 bits per heavy atom. The number of hydrogen-bond acceptors (Lipinski definition) is 4. The maximum Gasteiger partial charge on any atom is 0.287 e. The topological polar surface area (TPSA) is 71.7 Å². The first kappa shape index (κ1) is 16.6. The molecular formula is C16H18BrNO4. The van der Waals surface area contributed by atoms with Crippen molar-refractivity contribution >= 4 is 21.8 Å². The van der Waals surface area contributed by atoms with E-state index in [0.29, 0.717) is 11.1 Å². The van der Waals surface area contributed by atoms with Crippen LogP contribution in [0.25, 0.3) is 0 Å². The zero-order chi connectivity index (χ0) is 16.2.